The van der Waals surface area contributed by atoms with E-state index in [0.717, 1.165) is 12.1 Å². The number of carbonyl (C=O) groups excluding carboxylic acids is 1. The van der Waals surface area contributed by atoms with Crippen LogP contribution in [0.2, 0.25) is 0 Å². The Hall–Kier alpha value is -4.49. The third kappa shape index (κ3) is 6.52. The number of nitriles is 1. The van der Waals surface area contributed by atoms with Crippen molar-refractivity contribution in [3.05, 3.63) is 107 Å². The number of rotatable bonds is 7. The van der Waals surface area contributed by atoms with Crippen molar-refractivity contribution in [2.75, 3.05) is 10.6 Å². The maximum absolute atomic E-state index is 14.4. The maximum atomic E-state index is 14.4. The summed E-state index contributed by atoms with van der Waals surface area (Å²) in [6.07, 6.45) is -6.06. The molecule has 1 unspecified atom stereocenters. The first kappa shape index (κ1) is 25.1. The van der Waals surface area contributed by atoms with Gasteiger partial charge in [0.05, 0.1) is 11.6 Å². The summed E-state index contributed by atoms with van der Waals surface area (Å²) in [5.41, 5.74) is -1.86. The molecule has 0 aliphatic carbocycles. The molecule has 3 rings (SSSR count). The van der Waals surface area contributed by atoms with Gasteiger partial charge in [-0.1, -0.05) is 36.4 Å². The number of halogens is 4. The van der Waals surface area contributed by atoms with Gasteiger partial charge in [-0.25, -0.2) is 4.39 Å². The van der Waals surface area contributed by atoms with Gasteiger partial charge in [-0.15, -0.1) is 0 Å². The molecule has 3 aromatic rings. The Morgan fingerprint density at radius 3 is 2.34 bits per heavy atom. The maximum Gasteiger partial charge on any atom is 0.432 e. The van der Waals surface area contributed by atoms with Gasteiger partial charge in [0.25, 0.3) is 5.91 Å². The number of benzene rings is 3. The molecule has 3 aromatic carbocycles. The fourth-order valence-electron chi connectivity index (χ4n) is 3.05. The Labute approximate surface area is 197 Å². The van der Waals surface area contributed by atoms with Crippen molar-refractivity contribution in [1.82, 2.24) is 0 Å². The number of nitrogens with one attached hydrogen (secondary N) is 3. The lowest BCUT2D eigenvalue weighted by Gasteiger charge is -2.16. The summed E-state index contributed by atoms with van der Waals surface area (Å²) >= 11 is 0. The molecule has 0 saturated carbocycles. The van der Waals surface area contributed by atoms with Crippen LogP contribution in [0.4, 0.5) is 28.9 Å². The molecule has 0 spiro atoms. The van der Waals surface area contributed by atoms with Crippen molar-refractivity contribution in [3.8, 4) is 6.07 Å². The SMILES string of the molecule is N#Cc1cccc(N/C(=C\C(=N)C(F)(F)F)C(=O)Nc2ccc(F)c(C(O)c3ccccc3)c2)c1. The van der Waals surface area contributed by atoms with Crippen molar-refractivity contribution in [2.24, 2.45) is 0 Å². The van der Waals surface area contributed by atoms with E-state index in [-0.39, 0.29) is 22.5 Å². The van der Waals surface area contributed by atoms with E-state index in [1.807, 2.05) is 6.07 Å². The fraction of sp³-hybridized carbons (Fsp3) is 0.0800. The van der Waals surface area contributed by atoms with E-state index in [1.54, 1.807) is 30.3 Å². The second kappa shape index (κ2) is 10.6. The Morgan fingerprint density at radius 1 is 1.00 bits per heavy atom. The van der Waals surface area contributed by atoms with E-state index >= 15 is 0 Å². The van der Waals surface area contributed by atoms with E-state index in [9.17, 15) is 27.5 Å². The molecule has 0 aliphatic rings. The van der Waals surface area contributed by atoms with Crippen LogP contribution >= 0.6 is 0 Å². The molecule has 0 heterocycles. The van der Waals surface area contributed by atoms with Crippen LogP contribution in [-0.4, -0.2) is 22.9 Å². The van der Waals surface area contributed by atoms with Crippen molar-refractivity contribution < 1.29 is 27.5 Å². The van der Waals surface area contributed by atoms with Crippen LogP contribution < -0.4 is 10.6 Å². The molecule has 0 fully saturated rings. The topological polar surface area (TPSA) is 109 Å². The number of aliphatic hydroxyl groups excluding tert-OH is 1. The Bertz CT molecular complexity index is 1320. The average molecular weight is 482 g/mol. The van der Waals surface area contributed by atoms with Gasteiger partial charge in [-0.05, 0) is 48.0 Å². The number of hydrogen-bond acceptors (Lipinski definition) is 5. The molecule has 0 saturated heterocycles. The zero-order chi connectivity index (χ0) is 25.6. The summed E-state index contributed by atoms with van der Waals surface area (Å²) in [5.74, 6) is -1.81. The van der Waals surface area contributed by atoms with Crippen LogP contribution in [0.3, 0.4) is 0 Å². The molecule has 0 radical (unpaired) electrons. The summed E-state index contributed by atoms with van der Waals surface area (Å²) < 4.78 is 53.3. The van der Waals surface area contributed by atoms with Gasteiger partial charge >= 0.3 is 6.18 Å². The second-order valence-electron chi connectivity index (χ2n) is 7.29. The number of carbonyl (C=O) groups is 1. The van der Waals surface area contributed by atoms with Crippen LogP contribution in [0.5, 0.6) is 0 Å². The number of nitrogens with zero attached hydrogens (tertiary/aromatic N) is 1. The number of hydrogen-bond donors (Lipinski definition) is 4. The van der Waals surface area contributed by atoms with Gasteiger partial charge < -0.3 is 15.7 Å². The van der Waals surface area contributed by atoms with Crippen molar-refractivity contribution >= 4 is 23.0 Å². The molecule has 10 heteroatoms. The minimum absolute atomic E-state index is 0.00149. The molecule has 1 amide bonds. The van der Waals surface area contributed by atoms with Gasteiger partial charge in [0.2, 0.25) is 0 Å². The standard InChI is InChI=1S/C25H18F4N4O2/c26-20-10-9-18(12-19(20)23(34)16-6-2-1-3-7-16)33-24(35)21(13-22(31)25(27,28)29)32-17-8-4-5-15(11-17)14-30/h1-13,23,31-32,34H,(H,33,35)/b21-13-,31-22?. The Balaban J connectivity index is 1.91. The molecule has 6 nitrogen and oxygen atoms in total. The van der Waals surface area contributed by atoms with Crippen LogP contribution in [0.15, 0.2) is 84.6 Å². The van der Waals surface area contributed by atoms with Crippen molar-refractivity contribution in [1.29, 1.82) is 10.7 Å². The lowest BCUT2D eigenvalue weighted by molar-refractivity contribution is -0.112. The molecule has 4 N–H and O–H groups in total. The Kier molecular flexibility index (Phi) is 7.63. The highest BCUT2D eigenvalue weighted by atomic mass is 19.4. The summed E-state index contributed by atoms with van der Waals surface area (Å²) in [6.45, 7) is 0. The highest BCUT2D eigenvalue weighted by molar-refractivity contribution is 6.11. The first-order chi connectivity index (χ1) is 16.6. The van der Waals surface area contributed by atoms with Gasteiger partial charge in [0.1, 0.15) is 23.3 Å². The fourth-order valence-corrected chi connectivity index (χ4v) is 3.05. The normalized spacial score (nSPS) is 12.4. The van der Waals surface area contributed by atoms with E-state index in [2.05, 4.69) is 10.6 Å². The second-order valence-corrected chi connectivity index (χ2v) is 7.29. The van der Waals surface area contributed by atoms with Gasteiger partial charge in [0.15, 0.2) is 0 Å². The predicted molar refractivity (Wildman–Crippen MR) is 122 cm³/mol. The first-order valence-electron chi connectivity index (χ1n) is 10.1. The van der Waals surface area contributed by atoms with E-state index in [4.69, 9.17) is 10.7 Å². The lowest BCUT2D eigenvalue weighted by atomic mass is 10.0. The number of aliphatic hydroxyl groups is 1. The number of amides is 1. The third-order valence-electron chi connectivity index (χ3n) is 4.77. The molecular formula is C25H18F4N4O2. The molecule has 0 aromatic heterocycles. The monoisotopic (exact) mass is 482 g/mol. The predicted octanol–water partition coefficient (Wildman–Crippen LogP) is 5.30. The summed E-state index contributed by atoms with van der Waals surface area (Å²) in [6, 6.07) is 19.1. The lowest BCUT2D eigenvalue weighted by Crippen LogP contribution is -2.25. The van der Waals surface area contributed by atoms with Crippen molar-refractivity contribution in [2.45, 2.75) is 12.3 Å². The zero-order valence-corrected chi connectivity index (χ0v) is 17.9. The van der Waals surface area contributed by atoms with Gasteiger partial charge in [-0.3, -0.25) is 10.2 Å². The average Bonchev–Trinajstić information content (AvgIpc) is 2.84. The third-order valence-corrected chi connectivity index (χ3v) is 4.77. The first-order valence-corrected chi connectivity index (χ1v) is 10.1. The zero-order valence-electron chi connectivity index (χ0n) is 17.9. The van der Waals surface area contributed by atoms with Gasteiger partial charge in [0, 0.05) is 16.9 Å². The van der Waals surface area contributed by atoms with E-state index in [0.29, 0.717) is 11.6 Å². The molecule has 0 aliphatic heterocycles. The number of allylic oxidation sites excluding steroid dienone is 1. The molecule has 1 atom stereocenters. The van der Waals surface area contributed by atoms with Crippen LogP contribution in [0.1, 0.15) is 22.8 Å². The molecule has 0 bridgehead atoms. The number of alkyl halides is 3. The van der Waals surface area contributed by atoms with Gasteiger partial charge in [-0.2, -0.15) is 18.4 Å². The minimum Gasteiger partial charge on any atom is -0.384 e. The summed E-state index contributed by atoms with van der Waals surface area (Å²) in [5, 5.41) is 31.6. The summed E-state index contributed by atoms with van der Waals surface area (Å²) in [7, 11) is 0. The molecule has 35 heavy (non-hydrogen) atoms. The number of anilines is 2. The smallest absolute Gasteiger partial charge is 0.384 e. The van der Waals surface area contributed by atoms with E-state index < -0.39 is 35.4 Å². The van der Waals surface area contributed by atoms with E-state index in [1.165, 1.54) is 30.3 Å². The summed E-state index contributed by atoms with van der Waals surface area (Å²) in [4.78, 5) is 12.8. The largest absolute Gasteiger partial charge is 0.432 e. The van der Waals surface area contributed by atoms with Crippen molar-refractivity contribution in [3.63, 3.8) is 0 Å². The van der Waals surface area contributed by atoms with Crippen LogP contribution in [0.25, 0.3) is 0 Å². The Morgan fingerprint density at radius 2 is 1.69 bits per heavy atom. The molecule has 178 valence electrons. The molecular weight excluding hydrogens is 464 g/mol. The highest BCUT2D eigenvalue weighted by Crippen LogP contribution is 2.27. The van der Waals surface area contributed by atoms with Crippen LogP contribution in [0, 0.1) is 22.6 Å². The van der Waals surface area contributed by atoms with Crippen LogP contribution in [-0.2, 0) is 4.79 Å². The highest BCUT2D eigenvalue weighted by Gasteiger charge is 2.33. The minimum atomic E-state index is -5.01. The quantitative estimate of drug-likeness (QED) is 0.208.